The molecule has 102 valence electrons. The van der Waals surface area contributed by atoms with E-state index in [9.17, 15) is 5.11 Å². The molecule has 1 aromatic carbocycles. The number of aliphatic hydroxyl groups is 1. The van der Waals surface area contributed by atoms with E-state index in [-0.39, 0.29) is 5.54 Å². The van der Waals surface area contributed by atoms with Gasteiger partial charge in [-0.25, -0.2) is 0 Å². The van der Waals surface area contributed by atoms with E-state index in [2.05, 4.69) is 42.0 Å². The molecule has 4 heteroatoms. The van der Waals surface area contributed by atoms with Gasteiger partial charge in [0.2, 0.25) is 0 Å². The molecule has 0 spiro atoms. The van der Waals surface area contributed by atoms with Gasteiger partial charge in [-0.1, -0.05) is 33.6 Å². The van der Waals surface area contributed by atoms with Crippen molar-refractivity contribution in [3.63, 3.8) is 0 Å². The van der Waals surface area contributed by atoms with Crippen molar-refractivity contribution in [1.29, 1.82) is 0 Å². The monoisotopic (exact) mass is 333 g/mol. The van der Waals surface area contributed by atoms with Crippen LogP contribution in [0.2, 0.25) is 5.02 Å². The Labute approximate surface area is 123 Å². The fourth-order valence-corrected chi connectivity index (χ4v) is 2.33. The maximum atomic E-state index is 10.4. The summed E-state index contributed by atoms with van der Waals surface area (Å²) < 4.78 is 0.948. The van der Waals surface area contributed by atoms with Gasteiger partial charge in [-0.15, -0.1) is 0 Å². The first-order chi connectivity index (χ1) is 8.09. The van der Waals surface area contributed by atoms with E-state index in [0.29, 0.717) is 18.0 Å². The molecule has 0 fully saturated rings. The highest BCUT2D eigenvalue weighted by atomic mass is 79.9. The molecule has 0 aliphatic rings. The maximum Gasteiger partial charge on any atom is 0.0784 e. The van der Waals surface area contributed by atoms with Crippen LogP contribution in [0.5, 0.6) is 0 Å². The molecule has 0 aliphatic heterocycles. The summed E-state index contributed by atoms with van der Waals surface area (Å²) in [6.45, 7) is 8.59. The highest BCUT2D eigenvalue weighted by Crippen LogP contribution is 2.25. The molecule has 0 saturated heterocycles. The Morgan fingerprint density at radius 1 is 1.28 bits per heavy atom. The van der Waals surface area contributed by atoms with Crippen LogP contribution in [-0.4, -0.2) is 22.8 Å². The summed E-state index contributed by atoms with van der Waals surface area (Å²) in [4.78, 5) is 0. The van der Waals surface area contributed by atoms with Gasteiger partial charge < -0.3 is 10.4 Å². The smallest absolute Gasteiger partial charge is 0.0784 e. The lowest BCUT2D eigenvalue weighted by molar-refractivity contribution is 0.0535. The van der Waals surface area contributed by atoms with Crippen LogP contribution in [0.4, 0.5) is 0 Å². The maximum absolute atomic E-state index is 10.4. The minimum atomic E-state index is -0.815. The Bertz CT molecular complexity index is 413. The van der Waals surface area contributed by atoms with E-state index < -0.39 is 5.60 Å². The van der Waals surface area contributed by atoms with Crippen molar-refractivity contribution in [3.05, 3.63) is 33.3 Å². The first-order valence-electron chi connectivity index (χ1n) is 6.00. The fraction of sp³-hybridized carbons (Fsp3) is 0.571. The third-order valence-electron chi connectivity index (χ3n) is 2.59. The second kappa shape index (κ2) is 5.91. The van der Waals surface area contributed by atoms with Crippen molar-refractivity contribution in [2.75, 3.05) is 6.54 Å². The van der Waals surface area contributed by atoms with E-state index in [1.54, 1.807) is 0 Å². The largest absolute Gasteiger partial charge is 0.389 e. The topological polar surface area (TPSA) is 32.3 Å². The van der Waals surface area contributed by atoms with Crippen LogP contribution in [0, 0.1) is 0 Å². The van der Waals surface area contributed by atoms with Crippen LogP contribution >= 0.6 is 27.5 Å². The van der Waals surface area contributed by atoms with Crippen LogP contribution in [-0.2, 0) is 6.42 Å². The molecule has 2 N–H and O–H groups in total. The van der Waals surface area contributed by atoms with E-state index in [1.165, 1.54) is 0 Å². The first-order valence-corrected chi connectivity index (χ1v) is 7.17. The highest BCUT2D eigenvalue weighted by Gasteiger charge is 2.24. The second-order valence-corrected chi connectivity index (χ2v) is 7.34. The Morgan fingerprint density at radius 2 is 1.89 bits per heavy atom. The van der Waals surface area contributed by atoms with Crippen LogP contribution < -0.4 is 5.32 Å². The molecule has 0 aliphatic carbocycles. The van der Waals surface area contributed by atoms with E-state index in [0.717, 1.165) is 10.0 Å². The third kappa shape index (κ3) is 5.70. The number of hydrogen-bond donors (Lipinski definition) is 2. The van der Waals surface area contributed by atoms with E-state index in [1.807, 2.05) is 25.1 Å². The molecule has 0 amide bonds. The van der Waals surface area contributed by atoms with Gasteiger partial charge in [0.05, 0.1) is 5.60 Å². The summed E-state index contributed by atoms with van der Waals surface area (Å²) in [6.07, 6.45) is 0.530. The summed E-state index contributed by atoms with van der Waals surface area (Å²) in [5, 5.41) is 14.4. The SMILES string of the molecule is CC(O)(CNC(C)(C)C)Cc1ccc(Br)cc1Cl. The quantitative estimate of drug-likeness (QED) is 0.878. The van der Waals surface area contributed by atoms with E-state index in [4.69, 9.17) is 11.6 Å². The lowest BCUT2D eigenvalue weighted by atomic mass is 9.95. The van der Waals surface area contributed by atoms with Crippen LogP contribution in [0.3, 0.4) is 0 Å². The summed E-state index contributed by atoms with van der Waals surface area (Å²) in [5.74, 6) is 0. The minimum Gasteiger partial charge on any atom is -0.389 e. The van der Waals surface area contributed by atoms with Crippen molar-refractivity contribution in [3.8, 4) is 0 Å². The third-order valence-corrected chi connectivity index (χ3v) is 3.43. The molecule has 1 atom stereocenters. The molecule has 0 radical (unpaired) electrons. The molecular formula is C14H21BrClNO. The normalized spacial score (nSPS) is 15.5. The average Bonchev–Trinajstić information content (AvgIpc) is 2.19. The van der Waals surface area contributed by atoms with Crippen LogP contribution in [0.1, 0.15) is 33.3 Å². The molecule has 1 aromatic rings. The number of nitrogens with one attached hydrogen (secondary N) is 1. The fourth-order valence-electron chi connectivity index (χ4n) is 1.59. The summed E-state index contributed by atoms with van der Waals surface area (Å²) in [7, 11) is 0. The minimum absolute atomic E-state index is 0.00645. The summed E-state index contributed by atoms with van der Waals surface area (Å²) in [5.41, 5.74) is 0.138. The standard InChI is InChI=1S/C14H21BrClNO/c1-13(2,3)17-9-14(4,18)8-10-5-6-11(15)7-12(10)16/h5-7,17-18H,8-9H2,1-4H3. The number of benzene rings is 1. The zero-order valence-corrected chi connectivity index (χ0v) is 13.7. The number of β-amino-alcohol motifs (C(OH)–C–C–N with tert-alkyl or cyclic N) is 1. The van der Waals surface area contributed by atoms with Gasteiger partial charge in [-0.2, -0.15) is 0 Å². The predicted molar refractivity (Wildman–Crippen MR) is 81.2 cm³/mol. The summed E-state index contributed by atoms with van der Waals surface area (Å²) in [6, 6.07) is 5.73. The van der Waals surface area contributed by atoms with Gasteiger partial charge in [-0.3, -0.25) is 0 Å². The van der Waals surface area contributed by atoms with Gasteiger partial charge in [0, 0.05) is 28.0 Å². The predicted octanol–water partition coefficient (Wildman–Crippen LogP) is 3.78. The molecule has 0 aromatic heterocycles. The van der Waals surface area contributed by atoms with Crippen molar-refractivity contribution < 1.29 is 5.11 Å². The number of hydrogen-bond acceptors (Lipinski definition) is 2. The number of rotatable bonds is 4. The highest BCUT2D eigenvalue weighted by molar-refractivity contribution is 9.10. The molecular weight excluding hydrogens is 314 g/mol. The molecule has 0 heterocycles. The van der Waals surface area contributed by atoms with Gasteiger partial charge in [0.25, 0.3) is 0 Å². The average molecular weight is 335 g/mol. The van der Waals surface area contributed by atoms with Crippen molar-refractivity contribution >= 4 is 27.5 Å². The molecule has 0 bridgehead atoms. The molecule has 1 rings (SSSR count). The number of halogens is 2. The Balaban J connectivity index is 2.70. The zero-order chi connectivity index (χ0) is 14.0. The van der Waals surface area contributed by atoms with Gasteiger partial charge >= 0.3 is 0 Å². The van der Waals surface area contributed by atoms with Gasteiger partial charge in [-0.05, 0) is 45.4 Å². The Kier molecular flexibility index (Phi) is 5.24. The van der Waals surface area contributed by atoms with Gasteiger partial charge in [0.15, 0.2) is 0 Å². The lowest BCUT2D eigenvalue weighted by Crippen LogP contribution is -2.47. The zero-order valence-electron chi connectivity index (χ0n) is 11.3. The molecule has 2 nitrogen and oxygen atoms in total. The van der Waals surface area contributed by atoms with Crippen LogP contribution in [0.15, 0.2) is 22.7 Å². The molecule has 0 saturated carbocycles. The van der Waals surface area contributed by atoms with Gasteiger partial charge in [0.1, 0.15) is 0 Å². The second-order valence-electron chi connectivity index (χ2n) is 6.01. The van der Waals surface area contributed by atoms with Crippen LogP contribution in [0.25, 0.3) is 0 Å². The Hall–Kier alpha value is -0.0900. The molecule has 18 heavy (non-hydrogen) atoms. The lowest BCUT2D eigenvalue weighted by Gasteiger charge is -2.29. The van der Waals surface area contributed by atoms with Crippen molar-refractivity contribution in [2.24, 2.45) is 0 Å². The van der Waals surface area contributed by atoms with E-state index >= 15 is 0 Å². The Morgan fingerprint density at radius 3 is 2.39 bits per heavy atom. The van der Waals surface area contributed by atoms with Crippen molar-refractivity contribution in [2.45, 2.75) is 45.3 Å². The first kappa shape index (κ1) is 16.0. The molecule has 1 unspecified atom stereocenters. The van der Waals surface area contributed by atoms with Crippen molar-refractivity contribution in [1.82, 2.24) is 5.32 Å². The summed E-state index contributed by atoms with van der Waals surface area (Å²) >= 11 is 9.54.